The highest BCUT2D eigenvalue weighted by atomic mass is 16.5. The number of ether oxygens (including phenoxy) is 1. The molecule has 2 unspecified atom stereocenters. The van der Waals surface area contributed by atoms with Crippen LogP contribution in [0.3, 0.4) is 0 Å². The number of hydrogen-bond acceptors (Lipinski definition) is 4. The van der Waals surface area contributed by atoms with Gasteiger partial charge >= 0.3 is 5.97 Å². The topological polar surface area (TPSA) is 63.6 Å². The Balaban J connectivity index is 4.11. The van der Waals surface area contributed by atoms with Crippen LogP contribution in [0, 0.1) is 5.92 Å². The largest absolute Gasteiger partial charge is 0.468 e. The molecule has 0 saturated heterocycles. The highest BCUT2D eigenvalue weighted by Gasteiger charge is 2.24. The number of aliphatic hydroxyl groups is 1. The van der Waals surface area contributed by atoms with Crippen LogP contribution in [0.2, 0.25) is 0 Å². The molecule has 1 N–H and O–H groups in total. The maximum absolute atomic E-state index is 11.2. The number of carbonyl (C=O) groups is 2. The van der Waals surface area contributed by atoms with Crippen LogP contribution in [0.1, 0.15) is 32.6 Å². The minimum atomic E-state index is -0.897. The van der Waals surface area contributed by atoms with Crippen molar-refractivity contribution in [3.05, 3.63) is 12.7 Å². The first-order chi connectivity index (χ1) is 7.56. The van der Waals surface area contributed by atoms with Crippen molar-refractivity contribution < 1.29 is 19.4 Å². The normalized spacial score (nSPS) is 13.9. The smallest absolute Gasteiger partial charge is 0.315 e. The molecule has 4 heteroatoms. The van der Waals surface area contributed by atoms with Crippen LogP contribution < -0.4 is 0 Å². The van der Waals surface area contributed by atoms with Crippen LogP contribution in [-0.4, -0.2) is 30.1 Å². The molecule has 0 rings (SSSR count). The summed E-state index contributed by atoms with van der Waals surface area (Å²) in [5, 5.41) is 9.70. The summed E-state index contributed by atoms with van der Waals surface area (Å²) in [7, 11) is 1.26. The van der Waals surface area contributed by atoms with Gasteiger partial charge in [0.2, 0.25) is 0 Å². The summed E-state index contributed by atoms with van der Waals surface area (Å²) < 4.78 is 4.52. The van der Waals surface area contributed by atoms with Crippen molar-refractivity contribution in [2.75, 3.05) is 7.11 Å². The number of methoxy groups -OCH3 is 1. The monoisotopic (exact) mass is 228 g/mol. The lowest BCUT2D eigenvalue weighted by atomic mass is 9.97. The fourth-order valence-electron chi connectivity index (χ4n) is 1.44. The minimum Gasteiger partial charge on any atom is -0.468 e. The first-order valence-electron chi connectivity index (χ1n) is 5.46. The third-order valence-corrected chi connectivity index (χ3v) is 2.39. The van der Waals surface area contributed by atoms with Crippen LogP contribution in [0.25, 0.3) is 0 Å². The lowest BCUT2D eigenvalue weighted by Gasteiger charge is -2.16. The molecule has 0 heterocycles. The number of rotatable bonds is 8. The Labute approximate surface area is 96.3 Å². The Morgan fingerprint density at radius 3 is 2.50 bits per heavy atom. The van der Waals surface area contributed by atoms with Crippen molar-refractivity contribution in [3.8, 4) is 0 Å². The second-order valence-electron chi connectivity index (χ2n) is 3.68. The van der Waals surface area contributed by atoms with Gasteiger partial charge in [0, 0.05) is 12.8 Å². The summed E-state index contributed by atoms with van der Waals surface area (Å²) in [6.45, 7) is 5.39. The fourth-order valence-corrected chi connectivity index (χ4v) is 1.44. The van der Waals surface area contributed by atoms with E-state index < -0.39 is 18.0 Å². The number of aliphatic hydroxyl groups excluding tert-OH is 1. The van der Waals surface area contributed by atoms with E-state index in [1.54, 1.807) is 0 Å². The number of esters is 1. The Kier molecular flexibility index (Phi) is 7.46. The summed E-state index contributed by atoms with van der Waals surface area (Å²) in [6, 6.07) is 0. The molecule has 0 aromatic heterocycles. The molecule has 0 spiro atoms. The molecular weight excluding hydrogens is 208 g/mol. The summed E-state index contributed by atoms with van der Waals surface area (Å²) in [5.74, 6) is -1.17. The van der Waals surface area contributed by atoms with Gasteiger partial charge < -0.3 is 9.84 Å². The molecule has 4 nitrogen and oxygen atoms in total. The van der Waals surface area contributed by atoms with E-state index in [0.29, 0.717) is 6.42 Å². The average molecular weight is 228 g/mol. The summed E-state index contributed by atoms with van der Waals surface area (Å²) in [6.07, 6.45) is 2.33. The highest BCUT2D eigenvalue weighted by molar-refractivity contribution is 5.78. The highest BCUT2D eigenvalue weighted by Crippen LogP contribution is 2.13. The van der Waals surface area contributed by atoms with E-state index >= 15 is 0 Å². The quantitative estimate of drug-likeness (QED) is 0.505. The molecule has 0 amide bonds. The third kappa shape index (κ3) is 5.07. The average Bonchev–Trinajstić information content (AvgIpc) is 2.27. The van der Waals surface area contributed by atoms with Crippen LogP contribution in [0.4, 0.5) is 0 Å². The van der Waals surface area contributed by atoms with Gasteiger partial charge in [-0.25, -0.2) is 0 Å². The molecular formula is C12H20O4. The lowest BCUT2D eigenvalue weighted by Crippen LogP contribution is -2.28. The van der Waals surface area contributed by atoms with Gasteiger partial charge in [-0.3, -0.25) is 9.59 Å². The molecule has 92 valence electrons. The van der Waals surface area contributed by atoms with E-state index in [2.05, 4.69) is 11.3 Å². The van der Waals surface area contributed by atoms with Crippen molar-refractivity contribution in [2.24, 2.45) is 5.92 Å². The Hall–Kier alpha value is -1.16. The molecule has 0 aliphatic carbocycles. The number of Topliss-reactive ketones (excluding diaryl/α,β-unsaturated/α-hetero) is 1. The van der Waals surface area contributed by atoms with Gasteiger partial charge in [-0.15, -0.1) is 6.58 Å². The molecule has 0 saturated carbocycles. The van der Waals surface area contributed by atoms with Crippen molar-refractivity contribution >= 4 is 11.8 Å². The van der Waals surface area contributed by atoms with Gasteiger partial charge in [0.05, 0.1) is 13.2 Å². The van der Waals surface area contributed by atoms with E-state index in [1.807, 2.05) is 6.92 Å². The third-order valence-electron chi connectivity index (χ3n) is 2.39. The van der Waals surface area contributed by atoms with Crippen LogP contribution in [0.15, 0.2) is 12.7 Å². The van der Waals surface area contributed by atoms with Crippen molar-refractivity contribution in [1.29, 1.82) is 0 Å². The SMILES string of the molecule is C=CC(C(=O)OC)C(O)CCC(=O)CCC. The van der Waals surface area contributed by atoms with E-state index in [9.17, 15) is 14.7 Å². The van der Waals surface area contributed by atoms with Crippen molar-refractivity contribution in [3.63, 3.8) is 0 Å². The van der Waals surface area contributed by atoms with Gasteiger partial charge in [0.1, 0.15) is 11.7 Å². The lowest BCUT2D eigenvalue weighted by molar-refractivity contribution is -0.147. The van der Waals surface area contributed by atoms with Crippen LogP contribution in [-0.2, 0) is 14.3 Å². The molecule has 0 aliphatic rings. The van der Waals surface area contributed by atoms with E-state index in [-0.39, 0.29) is 18.6 Å². The standard InChI is InChI=1S/C12H20O4/c1-4-6-9(13)7-8-11(14)10(5-2)12(15)16-3/h5,10-11,14H,2,4,6-8H2,1,3H3. The van der Waals surface area contributed by atoms with E-state index in [1.165, 1.54) is 13.2 Å². The van der Waals surface area contributed by atoms with Crippen LogP contribution in [0.5, 0.6) is 0 Å². The fraction of sp³-hybridized carbons (Fsp3) is 0.667. The summed E-state index contributed by atoms with van der Waals surface area (Å²) >= 11 is 0. The molecule has 16 heavy (non-hydrogen) atoms. The van der Waals surface area contributed by atoms with Crippen molar-refractivity contribution in [1.82, 2.24) is 0 Å². The molecule has 0 bridgehead atoms. The number of hydrogen-bond donors (Lipinski definition) is 1. The Bertz CT molecular complexity index is 247. The molecule has 0 aromatic rings. The second-order valence-corrected chi connectivity index (χ2v) is 3.68. The van der Waals surface area contributed by atoms with Crippen molar-refractivity contribution in [2.45, 2.75) is 38.7 Å². The van der Waals surface area contributed by atoms with Gasteiger partial charge in [-0.2, -0.15) is 0 Å². The first-order valence-corrected chi connectivity index (χ1v) is 5.46. The Morgan fingerprint density at radius 2 is 2.06 bits per heavy atom. The van der Waals surface area contributed by atoms with Gasteiger partial charge in [0.15, 0.2) is 0 Å². The maximum Gasteiger partial charge on any atom is 0.315 e. The second kappa shape index (κ2) is 8.05. The van der Waals surface area contributed by atoms with E-state index in [0.717, 1.165) is 6.42 Å². The van der Waals surface area contributed by atoms with Gasteiger partial charge in [0.25, 0.3) is 0 Å². The number of carbonyl (C=O) groups excluding carboxylic acids is 2. The molecule has 0 fully saturated rings. The predicted molar refractivity (Wildman–Crippen MR) is 60.9 cm³/mol. The number of ketones is 1. The van der Waals surface area contributed by atoms with E-state index in [4.69, 9.17) is 0 Å². The molecule has 2 atom stereocenters. The zero-order chi connectivity index (χ0) is 12.6. The maximum atomic E-state index is 11.2. The van der Waals surface area contributed by atoms with Gasteiger partial charge in [-0.1, -0.05) is 13.0 Å². The predicted octanol–water partition coefficient (Wildman–Crippen LogP) is 1.47. The molecule has 0 radical (unpaired) electrons. The molecule has 0 aromatic carbocycles. The zero-order valence-corrected chi connectivity index (χ0v) is 9.94. The summed E-state index contributed by atoms with van der Waals surface area (Å²) in [5.41, 5.74) is 0. The summed E-state index contributed by atoms with van der Waals surface area (Å²) in [4.78, 5) is 22.5. The first kappa shape index (κ1) is 14.8. The van der Waals surface area contributed by atoms with Gasteiger partial charge in [-0.05, 0) is 12.8 Å². The zero-order valence-electron chi connectivity index (χ0n) is 9.94. The molecule has 0 aliphatic heterocycles. The van der Waals surface area contributed by atoms with Crippen LogP contribution >= 0.6 is 0 Å². The minimum absolute atomic E-state index is 0.106. The Morgan fingerprint density at radius 1 is 1.44 bits per heavy atom.